The Morgan fingerprint density at radius 2 is 2.00 bits per heavy atom. The summed E-state index contributed by atoms with van der Waals surface area (Å²) in [6, 6.07) is 8.73. The standard InChI is InChI=1S/C14H19N5O/c1-2-5-14-13(4-1)15-16-19(14)18-10-12(11-18)17-6-3-8-20-9-7-17/h1-2,4-5,12H,3,6-11H2. The minimum atomic E-state index is 0.625. The first-order chi connectivity index (χ1) is 9.92. The smallest absolute Gasteiger partial charge is 0.115 e. The Morgan fingerprint density at radius 1 is 1.10 bits per heavy atom. The second kappa shape index (κ2) is 5.03. The van der Waals surface area contributed by atoms with Gasteiger partial charge in [-0.3, -0.25) is 9.91 Å². The van der Waals surface area contributed by atoms with E-state index in [4.69, 9.17) is 4.74 Å². The third-order valence-corrected chi connectivity index (χ3v) is 4.22. The van der Waals surface area contributed by atoms with Crippen LogP contribution in [0.2, 0.25) is 0 Å². The van der Waals surface area contributed by atoms with Crippen molar-refractivity contribution in [2.75, 3.05) is 44.4 Å². The van der Waals surface area contributed by atoms with E-state index >= 15 is 0 Å². The average molecular weight is 273 g/mol. The highest BCUT2D eigenvalue weighted by Crippen LogP contribution is 2.18. The normalized spacial score (nSPS) is 21.9. The molecule has 2 saturated heterocycles. The summed E-state index contributed by atoms with van der Waals surface area (Å²) in [5.41, 5.74) is 2.05. The predicted octanol–water partition coefficient (Wildman–Crippen LogP) is 0.474. The first-order valence-corrected chi connectivity index (χ1v) is 7.29. The van der Waals surface area contributed by atoms with E-state index in [1.54, 1.807) is 0 Å². The third kappa shape index (κ3) is 2.05. The Bertz CT molecular complexity index is 584. The van der Waals surface area contributed by atoms with Crippen LogP contribution in [0.15, 0.2) is 24.3 Å². The van der Waals surface area contributed by atoms with Crippen LogP contribution in [0.3, 0.4) is 0 Å². The molecule has 2 fully saturated rings. The molecule has 0 unspecified atom stereocenters. The highest BCUT2D eigenvalue weighted by atomic mass is 16.5. The Labute approximate surface area is 117 Å². The molecule has 6 heteroatoms. The molecule has 20 heavy (non-hydrogen) atoms. The maximum absolute atomic E-state index is 5.52. The molecule has 0 radical (unpaired) electrons. The number of hydrogen-bond acceptors (Lipinski definition) is 5. The van der Waals surface area contributed by atoms with Gasteiger partial charge in [0.25, 0.3) is 0 Å². The number of hydrogen-bond donors (Lipinski definition) is 0. The van der Waals surface area contributed by atoms with E-state index in [0.29, 0.717) is 6.04 Å². The van der Waals surface area contributed by atoms with Crippen molar-refractivity contribution < 1.29 is 4.74 Å². The number of para-hydroxylation sites is 1. The minimum absolute atomic E-state index is 0.625. The summed E-state index contributed by atoms with van der Waals surface area (Å²) in [6.07, 6.45) is 1.14. The molecule has 6 nitrogen and oxygen atoms in total. The zero-order valence-corrected chi connectivity index (χ0v) is 11.5. The Morgan fingerprint density at radius 3 is 2.95 bits per heavy atom. The highest BCUT2D eigenvalue weighted by Gasteiger charge is 2.33. The number of benzene rings is 1. The predicted molar refractivity (Wildman–Crippen MR) is 76.3 cm³/mol. The van der Waals surface area contributed by atoms with Crippen molar-refractivity contribution in [3.05, 3.63) is 24.3 Å². The molecule has 1 aromatic heterocycles. The van der Waals surface area contributed by atoms with Crippen LogP contribution in [0.1, 0.15) is 6.42 Å². The first-order valence-electron chi connectivity index (χ1n) is 7.29. The molecule has 2 aliphatic rings. The maximum atomic E-state index is 5.52. The molecule has 0 amide bonds. The lowest BCUT2D eigenvalue weighted by atomic mass is 10.1. The summed E-state index contributed by atoms with van der Waals surface area (Å²) < 4.78 is 5.52. The zero-order valence-electron chi connectivity index (χ0n) is 11.5. The van der Waals surface area contributed by atoms with Crippen LogP contribution in [-0.4, -0.2) is 65.4 Å². The molecular formula is C14H19N5O. The van der Waals surface area contributed by atoms with Crippen molar-refractivity contribution in [3.8, 4) is 0 Å². The summed E-state index contributed by atoms with van der Waals surface area (Å²) in [7, 11) is 0. The van der Waals surface area contributed by atoms with E-state index in [1.807, 2.05) is 23.0 Å². The van der Waals surface area contributed by atoms with E-state index in [-0.39, 0.29) is 0 Å². The monoisotopic (exact) mass is 273 g/mol. The van der Waals surface area contributed by atoms with Crippen LogP contribution < -0.4 is 5.01 Å². The average Bonchev–Trinajstić information content (AvgIpc) is 2.66. The topological polar surface area (TPSA) is 46.4 Å². The lowest BCUT2D eigenvalue weighted by Crippen LogP contribution is -2.64. The van der Waals surface area contributed by atoms with Gasteiger partial charge in [0, 0.05) is 25.7 Å². The molecule has 1 aromatic carbocycles. The first kappa shape index (κ1) is 12.1. The summed E-state index contributed by atoms with van der Waals surface area (Å²) in [5, 5.41) is 10.7. The van der Waals surface area contributed by atoms with E-state index in [2.05, 4.69) is 26.3 Å². The second-order valence-electron chi connectivity index (χ2n) is 5.49. The molecule has 0 saturated carbocycles. The van der Waals surface area contributed by atoms with Gasteiger partial charge in [-0.25, -0.2) is 0 Å². The van der Waals surface area contributed by atoms with Gasteiger partial charge in [-0.15, -0.1) is 5.10 Å². The van der Waals surface area contributed by atoms with E-state index in [0.717, 1.165) is 56.8 Å². The van der Waals surface area contributed by atoms with Gasteiger partial charge in [-0.1, -0.05) is 12.1 Å². The van der Waals surface area contributed by atoms with E-state index in [9.17, 15) is 0 Å². The molecule has 2 aromatic rings. The molecule has 4 rings (SSSR count). The Kier molecular flexibility index (Phi) is 3.05. The summed E-state index contributed by atoms with van der Waals surface area (Å²) in [5.74, 6) is 0. The van der Waals surface area contributed by atoms with Gasteiger partial charge < -0.3 is 4.74 Å². The quantitative estimate of drug-likeness (QED) is 0.796. The van der Waals surface area contributed by atoms with E-state index < -0.39 is 0 Å². The van der Waals surface area contributed by atoms with Crippen LogP contribution in [0.5, 0.6) is 0 Å². The number of nitrogens with zero attached hydrogens (tertiary/aromatic N) is 5. The highest BCUT2D eigenvalue weighted by molar-refractivity contribution is 5.74. The molecule has 0 spiro atoms. The molecule has 106 valence electrons. The van der Waals surface area contributed by atoms with Gasteiger partial charge in [0.1, 0.15) is 11.0 Å². The zero-order chi connectivity index (χ0) is 13.4. The third-order valence-electron chi connectivity index (χ3n) is 4.22. The van der Waals surface area contributed by atoms with Gasteiger partial charge in [0.2, 0.25) is 0 Å². The largest absolute Gasteiger partial charge is 0.380 e. The van der Waals surface area contributed by atoms with E-state index in [1.165, 1.54) is 0 Å². The lowest BCUT2D eigenvalue weighted by Gasteiger charge is -2.45. The van der Waals surface area contributed by atoms with Gasteiger partial charge in [-0.2, -0.15) is 4.79 Å². The van der Waals surface area contributed by atoms with Gasteiger partial charge in [-0.05, 0) is 23.8 Å². The Balaban J connectivity index is 1.45. The molecular weight excluding hydrogens is 254 g/mol. The van der Waals surface area contributed by atoms with Crippen LogP contribution in [0.25, 0.3) is 11.0 Å². The lowest BCUT2D eigenvalue weighted by molar-refractivity contribution is 0.116. The fourth-order valence-electron chi connectivity index (χ4n) is 3.01. The number of ether oxygens (including phenoxy) is 1. The molecule has 2 aliphatic heterocycles. The molecule has 0 atom stereocenters. The van der Waals surface area contributed by atoms with Crippen molar-refractivity contribution in [1.82, 2.24) is 20.0 Å². The number of rotatable bonds is 2. The van der Waals surface area contributed by atoms with Crippen LogP contribution in [-0.2, 0) is 4.74 Å². The minimum Gasteiger partial charge on any atom is -0.380 e. The molecule has 0 bridgehead atoms. The number of aromatic nitrogens is 3. The number of fused-ring (bicyclic) bond motifs is 1. The maximum Gasteiger partial charge on any atom is 0.115 e. The van der Waals surface area contributed by atoms with Crippen LogP contribution in [0, 0.1) is 0 Å². The fraction of sp³-hybridized carbons (Fsp3) is 0.571. The van der Waals surface area contributed by atoms with Gasteiger partial charge >= 0.3 is 0 Å². The fourth-order valence-corrected chi connectivity index (χ4v) is 3.01. The second-order valence-corrected chi connectivity index (χ2v) is 5.49. The van der Waals surface area contributed by atoms with Crippen molar-refractivity contribution in [1.29, 1.82) is 0 Å². The summed E-state index contributed by atoms with van der Waals surface area (Å²) in [6.45, 7) is 6.01. The van der Waals surface area contributed by atoms with Crippen LogP contribution in [0.4, 0.5) is 0 Å². The molecule has 3 heterocycles. The van der Waals surface area contributed by atoms with Crippen molar-refractivity contribution in [2.24, 2.45) is 0 Å². The molecule has 0 aliphatic carbocycles. The van der Waals surface area contributed by atoms with Gasteiger partial charge in [0.05, 0.1) is 19.7 Å². The summed E-state index contributed by atoms with van der Waals surface area (Å²) in [4.78, 5) is 4.49. The van der Waals surface area contributed by atoms with Gasteiger partial charge in [0.15, 0.2) is 0 Å². The molecule has 0 N–H and O–H groups in total. The summed E-state index contributed by atoms with van der Waals surface area (Å²) >= 11 is 0. The van der Waals surface area contributed by atoms with Crippen molar-refractivity contribution in [3.63, 3.8) is 0 Å². The van der Waals surface area contributed by atoms with Crippen LogP contribution >= 0.6 is 0 Å². The van der Waals surface area contributed by atoms with Crippen molar-refractivity contribution >= 4 is 11.0 Å². The Hall–Kier alpha value is -1.66. The SMILES string of the molecule is c1ccc2c(c1)nnn2N1CC(N2CCCOCC2)C1. The van der Waals surface area contributed by atoms with Crippen molar-refractivity contribution in [2.45, 2.75) is 12.5 Å².